The van der Waals surface area contributed by atoms with Crippen LogP contribution in [0.15, 0.2) is 24.3 Å². The van der Waals surface area contributed by atoms with E-state index in [1.165, 1.54) is 0 Å². The lowest BCUT2D eigenvalue weighted by atomic mass is 10.1. The van der Waals surface area contributed by atoms with Gasteiger partial charge in [-0.3, -0.25) is 4.79 Å². The number of rotatable bonds is 9. The summed E-state index contributed by atoms with van der Waals surface area (Å²) in [7, 11) is 0. The van der Waals surface area contributed by atoms with E-state index < -0.39 is 0 Å². The Labute approximate surface area is 121 Å². The number of hydrogen-bond donors (Lipinski definition) is 2. The summed E-state index contributed by atoms with van der Waals surface area (Å²) in [4.78, 5) is 11.6. The quantitative estimate of drug-likeness (QED) is 0.681. The third-order valence-electron chi connectivity index (χ3n) is 3.19. The Hall–Kier alpha value is -1.55. The van der Waals surface area contributed by atoms with E-state index in [-0.39, 0.29) is 5.91 Å². The van der Waals surface area contributed by atoms with Crippen molar-refractivity contribution in [2.75, 3.05) is 19.7 Å². The lowest BCUT2D eigenvalue weighted by Gasteiger charge is -2.09. The van der Waals surface area contributed by atoms with E-state index in [9.17, 15) is 4.79 Å². The predicted molar refractivity (Wildman–Crippen MR) is 81.8 cm³/mol. The molecule has 1 amide bonds. The van der Waals surface area contributed by atoms with Gasteiger partial charge < -0.3 is 15.8 Å². The summed E-state index contributed by atoms with van der Waals surface area (Å²) in [6, 6.07) is 7.83. The summed E-state index contributed by atoms with van der Waals surface area (Å²) in [6.07, 6.45) is 2.42. The Bertz CT molecular complexity index is 407. The Morgan fingerprint density at radius 1 is 1.45 bits per heavy atom. The molecular weight excluding hydrogens is 252 g/mol. The summed E-state index contributed by atoms with van der Waals surface area (Å²) >= 11 is 0. The first-order valence-electron chi connectivity index (χ1n) is 7.28. The number of nitrogens with one attached hydrogen (secondary N) is 1. The molecule has 0 saturated carbocycles. The summed E-state index contributed by atoms with van der Waals surface area (Å²) < 4.78 is 5.54. The monoisotopic (exact) mass is 278 g/mol. The van der Waals surface area contributed by atoms with Gasteiger partial charge in [0.25, 0.3) is 0 Å². The predicted octanol–water partition coefficient (Wildman–Crippen LogP) is 2.26. The summed E-state index contributed by atoms with van der Waals surface area (Å²) in [6.45, 7) is 5.97. The van der Waals surface area contributed by atoms with Gasteiger partial charge in [0.15, 0.2) is 0 Å². The Balaban J connectivity index is 2.08. The zero-order chi connectivity index (χ0) is 14.8. The smallest absolute Gasteiger partial charge is 0.223 e. The topological polar surface area (TPSA) is 64.3 Å². The van der Waals surface area contributed by atoms with Gasteiger partial charge in [-0.05, 0) is 49.9 Å². The first kappa shape index (κ1) is 16.5. The molecule has 1 atom stereocenters. The maximum atomic E-state index is 11.6. The fourth-order valence-corrected chi connectivity index (χ4v) is 1.85. The largest absolute Gasteiger partial charge is 0.493 e. The molecule has 0 aliphatic rings. The first-order chi connectivity index (χ1) is 9.61. The van der Waals surface area contributed by atoms with E-state index in [2.05, 4.69) is 12.2 Å². The minimum atomic E-state index is 0.0399. The number of hydrogen-bond acceptors (Lipinski definition) is 3. The molecule has 1 aromatic rings. The van der Waals surface area contributed by atoms with Crippen LogP contribution in [0.2, 0.25) is 0 Å². The maximum absolute atomic E-state index is 11.6. The van der Waals surface area contributed by atoms with E-state index in [1.807, 2.05) is 31.2 Å². The van der Waals surface area contributed by atoms with Crippen molar-refractivity contribution in [2.24, 2.45) is 11.7 Å². The van der Waals surface area contributed by atoms with Crippen LogP contribution < -0.4 is 15.8 Å². The van der Waals surface area contributed by atoms with Crippen molar-refractivity contribution in [1.29, 1.82) is 0 Å². The molecule has 1 aromatic carbocycles. The molecule has 0 aliphatic carbocycles. The van der Waals surface area contributed by atoms with E-state index >= 15 is 0 Å². The van der Waals surface area contributed by atoms with Crippen LogP contribution in [-0.4, -0.2) is 25.6 Å². The van der Waals surface area contributed by atoms with Crippen LogP contribution in [0.25, 0.3) is 0 Å². The third-order valence-corrected chi connectivity index (χ3v) is 3.19. The van der Waals surface area contributed by atoms with Gasteiger partial charge in [-0.15, -0.1) is 0 Å². The minimum absolute atomic E-state index is 0.0399. The molecule has 0 radical (unpaired) electrons. The molecule has 20 heavy (non-hydrogen) atoms. The average Bonchev–Trinajstić information content (AvgIpc) is 2.43. The molecule has 0 bridgehead atoms. The fraction of sp³-hybridized carbons (Fsp3) is 0.562. The van der Waals surface area contributed by atoms with Crippen LogP contribution in [0.1, 0.15) is 31.7 Å². The molecule has 4 heteroatoms. The number of carbonyl (C=O) groups excluding carboxylic acids is 1. The van der Waals surface area contributed by atoms with Crippen molar-refractivity contribution in [2.45, 2.75) is 33.1 Å². The highest BCUT2D eigenvalue weighted by Crippen LogP contribution is 2.12. The highest BCUT2D eigenvalue weighted by molar-refractivity contribution is 5.75. The minimum Gasteiger partial charge on any atom is -0.493 e. The second kappa shape index (κ2) is 9.37. The van der Waals surface area contributed by atoms with Crippen LogP contribution in [-0.2, 0) is 4.79 Å². The lowest BCUT2D eigenvalue weighted by molar-refractivity contribution is -0.121. The summed E-state index contributed by atoms with van der Waals surface area (Å²) in [5.74, 6) is 1.38. The Morgan fingerprint density at radius 3 is 2.95 bits per heavy atom. The fourth-order valence-electron chi connectivity index (χ4n) is 1.85. The molecule has 3 N–H and O–H groups in total. The molecule has 112 valence electrons. The first-order valence-corrected chi connectivity index (χ1v) is 7.28. The number of nitrogens with two attached hydrogens (primary N) is 1. The van der Waals surface area contributed by atoms with Crippen molar-refractivity contribution in [1.82, 2.24) is 5.32 Å². The van der Waals surface area contributed by atoms with E-state index in [4.69, 9.17) is 10.5 Å². The zero-order valence-electron chi connectivity index (χ0n) is 12.5. The molecule has 0 spiro atoms. The lowest BCUT2D eigenvalue weighted by Crippen LogP contribution is -2.26. The van der Waals surface area contributed by atoms with Crippen molar-refractivity contribution >= 4 is 5.91 Å². The Kier molecular flexibility index (Phi) is 7.73. The Morgan fingerprint density at radius 2 is 2.25 bits per heavy atom. The number of aryl methyl sites for hydroxylation is 1. The third kappa shape index (κ3) is 7.14. The molecule has 0 aliphatic heterocycles. The SMILES string of the molecule is Cc1cccc(OCCC(=O)NCCCC(C)CN)c1. The van der Waals surface area contributed by atoms with Gasteiger partial charge in [-0.25, -0.2) is 0 Å². The van der Waals surface area contributed by atoms with Crippen LogP contribution in [0, 0.1) is 12.8 Å². The zero-order valence-corrected chi connectivity index (χ0v) is 12.5. The van der Waals surface area contributed by atoms with E-state index in [0.29, 0.717) is 32.0 Å². The summed E-state index contributed by atoms with van der Waals surface area (Å²) in [5.41, 5.74) is 6.70. The second-order valence-electron chi connectivity index (χ2n) is 5.25. The number of ether oxygens (including phenoxy) is 1. The normalized spacial score (nSPS) is 11.9. The maximum Gasteiger partial charge on any atom is 0.223 e. The van der Waals surface area contributed by atoms with Crippen LogP contribution in [0.5, 0.6) is 5.75 Å². The molecule has 0 aromatic heterocycles. The standard InChI is InChI=1S/C16H26N2O2/c1-13-5-3-7-15(11-13)20-10-8-16(19)18-9-4-6-14(2)12-17/h3,5,7,11,14H,4,6,8-10,12,17H2,1-2H3,(H,18,19). The van der Waals surface area contributed by atoms with Gasteiger partial charge in [-0.1, -0.05) is 19.1 Å². The summed E-state index contributed by atoms with van der Waals surface area (Å²) in [5, 5.41) is 2.90. The molecule has 0 fully saturated rings. The van der Waals surface area contributed by atoms with Gasteiger partial charge >= 0.3 is 0 Å². The van der Waals surface area contributed by atoms with Gasteiger partial charge in [0.2, 0.25) is 5.91 Å². The van der Waals surface area contributed by atoms with Crippen molar-refractivity contribution in [3.05, 3.63) is 29.8 Å². The highest BCUT2D eigenvalue weighted by atomic mass is 16.5. The van der Waals surface area contributed by atoms with Crippen LogP contribution in [0.3, 0.4) is 0 Å². The number of benzene rings is 1. The van der Waals surface area contributed by atoms with Crippen LogP contribution >= 0.6 is 0 Å². The molecule has 0 saturated heterocycles. The van der Waals surface area contributed by atoms with Gasteiger partial charge in [0.05, 0.1) is 13.0 Å². The van der Waals surface area contributed by atoms with E-state index in [0.717, 1.165) is 24.2 Å². The number of carbonyl (C=O) groups is 1. The molecule has 4 nitrogen and oxygen atoms in total. The van der Waals surface area contributed by atoms with E-state index in [1.54, 1.807) is 0 Å². The van der Waals surface area contributed by atoms with Gasteiger partial charge in [0.1, 0.15) is 5.75 Å². The van der Waals surface area contributed by atoms with Gasteiger partial charge in [0, 0.05) is 6.54 Å². The van der Waals surface area contributed by atoms with Crippen molar-refractivity contribution in [3.63, 3.8) is 0 Å². The molecule has 1 unspecified atom stereocenters. The molecule has 0 heterocycles. The second-order valence-corrected chi connectivity index (χ2v) is 5.25. The van der Waals surface area contributed by atoms with Crippen molar-refractivity contribution < 1.29 is 9.53 Å². The molecular formula is C16H26N2O2. The highest BCUT2D eigenvalue weighted by Gasteiger charge is 2.03. The van der Waals surface area contributed by atoms with Crippen LogP contribution in [0.4, 0.5) is 0 Å². The van der Waals surface area contributed by atoms with Crippen molar-refractivity contribution in [3.8, 4) is 5.75 Å². The molecule has 1 rings (SSSR count). The number of amides is 1. The van der Waals surface area contributed by atoms with Gasteiger partial charge in [-0.2, -0.15) is 0 Å². The average molecular weight is 278 g/mol.